The van der Waals surface area contributed by atoms with Crippen molar-refractivity contribution in [1.82, 2.24) is 0 Å². The highest BCUT2D eigenvalue weighted by Crippen LogP contribution is 2.27. The molecule has 1 aromatic rings. The van der Waals surface area contributed by atoms with Crippen LogP contribution in [0.25, 0.3) is 0 Å². The van der Waals surface area contributed by atoms with Gasteiger partial charge in [-0.05, 0) is 30.9 Å². The molecule has 0 aromatic heterocycles. The molecule has 3 N–H and O–H groups in total. The number of nitrogens with two attached hydrogens (primary N) is 1. The number of nitrogens with one attached hydrogen (secondary N) is 1. The Labute approximate surface area is 116 Å². The van der Waals surface area contributed by atoms with Crippen molar-refractivity contribution in [3.8, 4) is 5.75 Å². The van der Waals surface area contributed by atoms with Crippen LogP contribution in [0.1, 0.15) is 38.5 Å². The molecule has 1 saturated carbocycles. The van der Waals surface area contributed by atoms with Gasteiger partial charge >= 0.3 is 0 Å². The zero-order valence-electron chi connectivity index (χ0n) is 11.9. The van der Waals surface area contributed by atoms with Crippen molar-refractivity contribution in [2.75, 3.05) is 19.0 Å². The van der Waals surface area contributed by atoms with Gasteiger partial charge in [-0.25, -0.2) is 0 Å². The summed E-state index contributed by atoms with van der Waals surface area (Å²) < 4.78 is 5.26. The van der Waals surface area contributed by atoms with Crippen LogP contribution in [0.4, 0.5) is 5.69 Å². The van der Waals surface area contributed by atoms with E-state index in [4.69, 9.17) is 10.5 Å². The average molecular weight is 262 g/mol. The maximum Gasteiger partial charge on any atom is 0.120 e. The number of hydrogen-bond acceptors (Lipinski definition) is 3. The third kappa shape index (κ3) is 4.13. The summed E-state index contributed by atoms with van der Waals surface area (Å²) in [6.45, 7) is 0.696. The Bertz CT molecular complexity index is 373. The highest BCUT2D eigenvalue weighted by atomic mass is 16.5. The van der Waals surface area contributed by atoms with E-state index in [2.05, 4.69) is 11.4 Å². The van der Waals surface area contributed by atoms with E-state index in [0.29, 0.717) is 18.5 Å². The Morgan fingerprint density at radius 1 is 1.26 bits per heavy atom. The largest absolute Gasteiger partial charge is 0.497 e. The summed E-state index contributed by atoms with van der Waals surface area (Å²) in [6, 6.07) is 8.49. The molecule has 2 rings (SSSR count). The van der Waals surface area contributed by atoms with Gasteiger partial charge in [0.2, 0.25) is 0 Å². The van der Waals surface area contributed by atoms with Gasteiger partial charge in [0.25, 0.3) is 0 Å². The van der Waals surface area contributed by atoms with Crippen LogP contribution in [0.3, 0.4) is 0 Å². The van der Waals surface area contributed by atoms with Crippen LogP contribution in [0, 0.1) is 5.92 Å². The maximum atomic E-state index is 5.98. The van der Waals surface area contributed by atoms with Crippen LogP contribution in [0.2, 0.25) is 0 Å². The van der Waals surface area contributed by atoms with Crippen LogP contribution in [-0.2, 0) is 0 Å². The first-order valence-electron chi connectivity index (χ1n) is 7.44. The topological polar surface area (TPSA) is 47.3 Å². The lowest BCUT2D eigenvalue weighted by atomic mass is 9.91. The molecule has 0 bridgehead atoms. The third-order valence-electron chi connectivity index (χ3n) is 4.14. The minimum absolute atomic E-state index is 0.380. The van der Waals surface area contributed by atoms with Crippen LogP contribution < -0.4 is 15.8 Å². The second-order valence-corrected chi connectivity index (χ2v) is 5.47. The van der Waals surface area contributed by atoms with E-state index in [-0.39, 0.29) is 0 Å². The van der Waals surface area contributed by atoms with Gasteiger partial charge in [-0.3, -0.25) is 0 Å². The summed E-state index contributed by atoms with van der Waals surface area (Å²) in [4.78, 5) is 0. The molecule has 19 heavy (non-hydrogen) atoms. The van der Waals surface area contributed by atoms with Crippen molar-refractivity contribution in [2.45, 2.75) is 44.6 Å². The molecular weight excluding hydrogens is 236 g/mol. The third-order valence-corrected chi connectivity index (χ3v) is 4.14. The van der Waals surface area contributed by atoms with E-state index in [0.717, 1.165) is 11.4 Å². The molecule has 0 amide bonds. The minimum Gasteiger partial charge on any atom is -0.497 e. The molecule has 106 valence electrons. The Balaban J connectivity index is 2.00. The molecule has 0 saturated heterocycles. The standard InChI is InChI=1S/C16H26N2O/c1-19-15-10-6-9-14(11-15)18-16(12-17)13-7-4-2-3-5-8-13/h6,9-11,13,16,18H,2-5,7-8,12,17H2,1H3. The number of methoxy groups -OCH3 is 1. The molecule has 1 atom stereocenters. The predicted molar refractivity (Wildman–Crippen MR) is 80.7 cm³/mol. The molecule has 1 aliphatic rings. The van der Waals surface area contributed by atoms with Gasteiger partial charge in [-0.1, -0.05) is 31.7 Å². The molecule has 1 aliphatic carbocycles. The van der Waals surface area contributed by atoms with Gasteiger partial charge in [0, 0.05) is 24.3 Å². The fourth-order valence-corrected chi connectivity index (χ4v) is 3.01. The maximum absolute atomic E-state index is 5.98. The number of benzene rings is 1. The quantitative estimate of drug-likeness (QED) is 0.799. The first-order chi connectivity index (χ1) is 9.33. The summed E-state index contributed by atoms with van der Waals surface area (Å²) in [7, 11) is 1.70. The van der Waals surface area contributed by atoms with Gasteiger partial charge in [-0.15, -0.1) is 0 Å². The number of ether oxygens (including phenoxy) is 1. The molecular formula is C16H26N2O. The van der Waals surface area contributed by atoms with Gasteiger partial charge in [-0.2, -0.15) is 0 Å². The van der Waals surface area contributed by atoms with E-state index in [9.17, 15) is 0 Å². The lowest BCUT2D eigenvalue weighted by Gasteiger charge is -2.27. The van der Waals surface area contributed by atoms with Crippen molar-refractivity contribution < 1.29 is 4.74 Å². The number of rotatable bonds is 5. The lowest BCUT2D eigenvalue weighted by Crippen LogP contribution is -2.36. The smallest absolute Gasteiger partial charge is 0.120 e. The Kier molecular flexibility index (Phi) is 5.52. The van der Waals surface area contributed by atoms with Crippen molar-refractivity contribution >= 4 is 5.69 Å². The van der Waals surface area contributed by atoms with E-state index in [1.165, 1.54) is 38.5 Å². The van der Waals surface area contributed by atoms with E-state index in [1.54, 1.807) is 7.11 Å². The second kappa shape index (κ2) is 7.39. The molecule has 0 spiro atoms. The predicted octanol–water partition coefficient (Wildman–Crippen LogP) is 3.40. The Morgan fingerprint density at radius 3 is 2.63 bits per heavy atom. The molecule has 1 aromatic carbocycles. The number of hydrogen-bond donors (Lipinski definition) is 2. The molecule has 1 unspecified atom stereocenters. The number of anilines is 1. The fourth-order valence-electron chi connectivity index (χ4n) is 3.01. The zero-order chi connectivity index (χ0) is 13.5. The summed E-state index contributed by atoms with van der Waals surface area (Å²) in [5.74, 6) is 1.60. The monoisotopic (exact) mass is 262 g/mol. The van der Waals surface area contributed by atoms with Crippen LogP contribution in [-0.4, -0.2) is 19.7 Å². The first kappa shape index (κ1) is 14.2. The van der Waals surface area contributed by atoms with Gasteiger partial charge < -0.3 is 15.8 Å². The average Bonchev–Trinajstić information content (AvgIpc) is 2.74. The van der Waals surface area contributed by atoms with Crippen molar-refractivity contribution in [1.29, 1.82) is 0 Å². The Hall–Kier alpha value is -1.22. The second-order valence-electron chi connectivity index (χ2n) is 5.47. The van der Waals surface area contributed by atoms with Crippen LogP contribution in [0.15, 0.2) is 24.3 Å². The van der Waals surface area contributed by atoms with E-state index < -0.39 is 0 Å². The molecule has 1 fully saturated rings. The van der Waals surface area contributed by atoms with Gasteiger partial charge in [0.15, 0.2) is 0 Å². The normalized spacial score (nSPS) is 18.6. The van der Waals surface area contributed by atoms with Crippen molar-refractivity contribution in [2.24, 2.45) is 11.7 Å². The molecule has 3 nitrogen and oxygen atoms in total. The highest BCUT2D eigenvalue weighted by molar-refractivity contribution is 5.49. The van der Waals surface area contributed by atoms with E-state index >= 15 is 0 Å². The Morgan fingerprint density at radius 2 is 2.00 bits per heavy atom. The SMILES string of the molecule is COc1cccc(NC(CN)C2CCCCCC2)c1. The molecule has 0 radical (unpaired) electrons. The van der Waals surface area contributed by atoms with Gasteiger partial charge in [0.1, 0.15) is 5.75 Å². The van der Waals surface area contributed by atoms with Crippen LogP contribution in [0.5, 0.6) is 5.75 Å². The highest BCUT2D eigenvalue weighted by Gasteiger charge is 2.21. The van der Waals surface area contributed by atoms with Crippen molar-refractivity contribution in [3.05, 3.63) is 24.3 Å². The lowest BCUT2D eigenvalue weighted by molar-refractivity contribution is 0.397. The summed E-state index contributed by atoms with van der Waals surface area (Å²) in [6.07, 6.45) is 8.07. The van der Waals surface area contributed by atoms with Crippen LogP contribution >= 0.6 is 0 Å². The minimum atomic E-state index is 0.380. The summed E-state index contributed by atoms with van der Waals surface area (Å²) in [5.41, 5.74) is 7.09. The molecule has 0 heterocycles. The van der Waals surface area contributed by atoms with Crippen molar-refractivity contribution in [3.63, 3.8) is 0 Å². The molecule has 3 heteroatoms. The first-order valence-corrected chi connectivity index (χ1v) is 7.44. The fraction of sp³-hybridized carbons (Fsp3) is 0.625. The summed E-state index contributed by atoms with van der Waals surface area (Å²) >= 11 is 0. The molecule has 0 aliphatic heterocycles. The summed E-state index contributed by atoms with van der Waals surface area (Å²) in [5, 5.41) is 3.60. The van der Waals surface area contributed by atoms with E-state index in [1.807, 2.05) is 18.2 Å². The zero-order valence-corrected chi connectivity index (χ0v) is 11.9. The van der Waals surface area contributed by atoms with Gasteiger partial charge in [0.05, 0.1) is 7.11 Å².